The molecule has 1 aliphatic carbocycles. The Labute approximate surface area is 89.1 Å². The Kier molecular flexibility index (Phi) is 1.65. The summed E-state index contributed by atoms with van der Waals surface area (Å²) >= 11 is 0. The quantitative estimate of drug-likeness (QED) is 0.764. The zero-order chi connectivity index (χ0) is 10.5. The number of pyridine rings is 1. The van der Waals surface area contributed by atoms with Gasteiger partial charge in [-0.2, -0.15) is 0 Å². The maximum absolute atomic E-state index is 6.19. The van der Waals surface area contributed by atoms with E-state index in [9.17, 15) is 0 Å². The van der Waals surface area contributed by atoms with Crippen LogP contribution in [0.2, 0.25) is 0 Å². The molecule has 1 heterocycles. The molecule has 0 atom stereocenters. The van der Waals surface area contributed by atoms with E-state index in [4.69, 9.17) is 5.73 Å². The average Bonchev–Trinajstić information content (AvgIpc) is 2.98. The zero-order valence-electron chi connectivity index (χ0n) is 8.83. The number of fused-ring (bicyclic) bond motifs is 1. The van der Waals surface area contributed by atoms with Crippen molar-refractivity contribution in [3.63, 3.8) is 0 Å². The lowest BCUT2D eigenvalue weighted by atomic mass is 10.0. The molecule has 2 nitrogen and oxygen atoms in total. The maximum atomic E-state index is 6.19. The normalized spacial score (nSPS) is 18.0. The van der Waals surface area contributed by atoms with Crippen LogP contribution in [-0.2, 0) is 5.54 Å². The fraction of sp³-hybridized carbons (Fsp3) is 0.308. The summed E-state index contributed by atoms with van der Waals surface area (Å²) in [6.07, 6.45) is 4.07. The van der Waals surface area contributed by atoms with Crippen molar-refractivity contribution in [1.82, 2.24) is 4.98 Å². The number of aryl methyl sites for hydroxylation is 1. The van der Waals surface area contributed by atoms with Crippen molar-refractivity contribution < 1.29 is 0 Å². The highest BCUT2D eigenvalue weighted by atomic mass is 14.8. The van der Waals surface area contributed by atoms with Crippen LogP contribution in [0, 0.1) is 6.92 Å². The van der Waals surface area contributed by atoms with Crippen LogP contribution >= 0.6 is 0 Å². The van der Waals surface area contributed by atoms with Crippen molar-refractivity contribution >= 4 is 10.8 Å². The van der Waals surface area contributed by atoms with E-state index in [1.807, 2.05) is 19.2 Å². The second-order valence-corrected chi connectivity index (χ2v) is 4.49. The summed E-state index contributed by atoms with van der Waals surface area (Å²) in [6, 6.07) is 8.54. The lowest BCUT2D eigenvalue weighted by Gasteiger charge is -2.10. The molecule has 76 valence electrons. The first kappa shape index (κ1) is 8.86. The van der Waals surface area contributed by atoms with Crippen LogP contribution in [0.4, 0.5) is 0 Å². The molecule has 0 amide bonds. The van der Waals surface area contributed by atoms with Crippen LogP contribution < -0.4 is 5.73 Å². The Balaban J connectivity index is 2.25. The molecule has 1 saturated carbocycles. The van der Waals surface area contributed by atoms with Crippen molar-refractivity contribution in [2.24, 2.45) is 5.73 Å². The van der Waals surface area contributed by atoms with Crippen molar-refractivity contribution in [1.29, 1.82) is 0 Å². The van der Waals surface area contributed by atoms with Gasteiger partial charge in [-0.3, -0.25) is 4.98 Å². The number of hydrogen-bond donors (Lipinski definition) is 1. The Hall–Kier alpha value is -1.41. The summed E-state index contributed by atoms with van der Waals surface area (Å²) in [5, 5.41) is 2.47. The first-order valence-corrected chi connectivity index (χ1v) is 5.34. The molecule has 2 aromatic rings. The van der Waals surface area contributed by atoms with Gasteiger partial charge in [-0.05, 0) is 42.8 Å². The molecule has 0 bridgehead atoms. The summed E-state index contributed by atoms with van der Waals surface area (Å²) in [7, 11) is 0. The molecule has 3 rings (SSSR count). The van der Waals surface area contributed by atoms with E-state index in [-0.39, 0.29) is 5.54 Å². The van der Waals surface area contributed by atoms with Crippen LogP contribution in [0.25, 0.3) is 10.8 Å². The van der Waals surface area contributed by atoms with Gasteiger partial charge in [0.25, 0.3) is 0 Å². The Morgan fingerprint density at radius 1 is 1.27 bits per heavy atom. The van der Waals surface area contributed by atoms with Crippen LogP contribution in [0.5, 0.6) is 0 Å². The maximum Gasteiger partial charge on any atom is 0.0451 e. The molecule has 0 spiro atoms. The van der Waals surface area contributed by atoms with Gasteiger partial charge in [0.2, 0.25) is 0 Å². The van der Waals surface area contributed by atoms with Gasteiger partial charge in [-0.1, -0.05) is 12.1 Å². The van der Waals surface area contributed by atoms with E-state index in [0.717, 1.165) is 18.5 Å². The highest BCUT2D eigenvalue weighted by molar-refractivity contribution is 5.85. The van der Waals surface area contributed by atoms with E-state index in [1.165, 1.54) is 16.3 Å². The summed E-state index contributed by atoms with van der Waals surface area (Å²) in [4.78, 5) is 4.31. The summed E-state index contributed by atoms with van der Waals surface area (Å²) in [5.74, 6) is 0. The first-order chi connectivity index (χ1) is 7.19. The first-order valence-electron chi connectivity index (χ1n) is 5.34. The Morgan fingerprint density at radius 2 is 2.07 bits per heavy atom. The highest BCUT2D eigenvalue weighted by Gasteiger charge is 2.39. The lowest BCUT2D eigenvalue weighted by Crippen LogP contribution is -2.18. The van der Waals surface area contributed by atoms with Crippen LogP contribution in [0.15, 0.2) is 30.5 Å². The smallest absolute Gasteiger partial charge is 0.0451 e. The molecule has 0 aliphatic heterocycles. The molecule has 0 unspecified atom stereocenters. The number of rotatable bonds is 1. The van der Waals surface area contributed by atoms with Gasteiger partial charge in [0.05, 0.1) is 0 Å². The third-order valence-electron chi connectivity index (χ3n) is 3.33. The Morgan fingerprint density at radius 3 is 2.80 bits per heavy atom. The fourth-order valence-corrected chi connectivity index (χ4v) is 2.05. The third kappa shape index (κ3) is 1.33. The largest absolute Gasteiger partial charge is 0.321 e. The molecule has 1 fully saturated rings. The minimum absolute atomic E-state index is 0.0452. The van der Waals surface area contributed by atoms with Crippen LogP contribution in [0.3, 0.4) is 0 Å². The minimum atomic E-state index is -0.0452. The van der Waals surface area contributed by atoms with E-state index >= 15 is 0 Å². The number of hydrogen-bond acceptors (Lipinski definition) is 2. The SMILES string of the molecule is Cc1nccc2ccc(C3(N)CC3)cc12. The fourth-order valence-electron chi connectivity index (χ4n) is 2.05. The zero-order valence-corrected chi connectivity index (χ0v) is 8.83. The van der Waals surface area contributed by atoms with Gasteiger partial charge in [0.15, 0.2) is 0 Å². The molecular weight excluding hydrogens is 184 g/mol. The topological polar surface area (TPSA) is 38.9 Å². The molecular formula is C13H14N2. The van der Waals surface area contributed by atoms with Crippen LogP contribution in [0.1, 0.15) is 24.1 Å². The number of benzene rings is 1. The minimum Gasteiger partial charge on any atom is -0.321 e. The van der Waals surface area contributed by atoms with Gasteiger partial charge in [-0.25, -0.2) is 0 Å². The average molecular weight is 198 g/mol. The van der Waals surface area contributed by atoms with E-state index in [2.05, 4.69) is 23.2 Å². The monoisotopic (exact) mass is 198 g/mol. The van der Waals surface area contributed by atoms with Gasteiger partial charge >= 0.3 is 0 Å². The standard InChI is InChI=1S/C13H14N2/c1-9-12-8-11(13(14)5-6-13)3-2-10(12)4-7-15-9/h2-4,7-8H,5-6,14H2,1H3. The lowest BCUT2D eigenvalue weighted by molar-refractivity contribution is 0.741. The van der Waals surface area contributed by atoms with E-state index in [0.29, 0.717) is 0 Å². The summed E-state index contributed by atoms with van der Waals surface area (Å²) in [5.41, 5.74) is 8.48. The van der Waals surface area contributed by atoms with E-state index < -0.39 is 0 Å². The van der Waals surface area contributed by atoms with Crippen molar-refractivity contribution in [2.75, 3.05) is 0 Å². The molecule has 1 aromatic carbocycles. The van der Waals surface area contributed by atoms with Crippen LogP contribution in [-0.4, -0.2) is 4.98 Å². The number of nitrogens with two attached hydrogens (primary N) is 1. The van der Waals surface area contributed by atoms with Gasteiger partial charge in [0.1, 0.15) is 0 Å². The predicted octanol–water partition coefficient (Wildman–Crippen LogP) is 2.49. The molecule has 2 heteroatoms. The number of aromatic nitrogens is 1. The van der Waals surface area contributed by atoms with E-state index in [1.54, 1.807) is 0 Å². The Bertz CT molecular complexity index is 527. The second kappa shape index (κ2) is 2.80. The van der Waals surface area contributed by atoms with Gasteiger partial charge in [0, 0.05) is 22.8 Å². The molecule has 0 radical (unpaired) electrons. The molecule has 15 heavy (non-hydrogen) atoms. The predicted molar refractivity (Wildman–Crippen MR) is 61.6 cm³/mol. The van der Waals surface area contributed by atoms with Gasteiger partial charge < -0.3 is 5.73 Å². The molecule has 0 saturated heterocycles. The second-order valence-electron chi connectivity index (χ2n) is 4.49. The van der Waals surface area contributed by atoms with Crippen molar-refractivity contribution in [3.05, 3.63) is 41.7 Å². The summed E-state index contributed by atoms with van der Waals surface area (Å²) < 4.78 is 0. The van der Waals surface area contributed by atoms with Crippen molar-refractivity contribution in [2.45, 2.75) is 25.3 Å². The number of nitrogens with zero attached hydrogens (tertiary/aromatic N) is 1. The third-order valence-corrected chi connectivity index (χ3v) is 3.33. The molecule has 1 aromatic heterocycles. The highest BCUT2D eigenvalue weighted by Crippen LogP contribution is 2.43. The van der Waals surface area contributed by atoms with Gasteiger partial charge in [-0.15, -0.1) is 0 Å². The molecule has 2 N–H and O–H groups in total. The molecule has 1 aliphatic rings. The summed E-state index contributed by atoms with van der Waals surface area (Å²) in [6.45, 7) is 2.04. The van der Waals surface area contributed by atoms with Crippen molar-refractivity contribution in [3.8, 4) is 0 Å².